The second-order valence-corrected chi connectivity index (χ2v) is 4.76. The summed E-state index contributed by atoms with van der Waals surface area (Å²) in [6, 6.07) is 0. The summed E-state index contributed by atoms with van der Waals surface area (Å²) in [5, 5.41) is 0. The van der Waals surface area contributed by atoms with Gasteiger partial charge in [-0.25, -0.2) is 9.59 Å². The molecule has 0 saturated carbocycles. The van der Waals surface area contributed by atoms with Gasteiger partial charge in [0.25, 0.3) is 0 Å². The number of rotatable bonds is 15. The summed E-state index contributed by atoms with van der Waals surface area (Å²) in [6.07, 6.45) is 1.29. The Morgan fingerprint density at radius 3 is 1.29 bits per heavy atom. The van der Waals surface area contributed by atoms with E-state index in [0.29, 0.717) is 39.3 Å². The molecule has 0 saturated heterocycles. The molecule has 0 heterocycles. The number of carbonyl (C=O) groups excluding carboxylic acids is 4. The lowest BCUT2D eigenvalue weighted by atomic mass is 10.3. The van der Waals surface area contributed by atoms with Crippen LogP contribution in [0.1, 0.15) is 39.5 Å². The van der Waals surface area contributed by atoms with E-state index in [1.165, 1.54) is 0 Å². The number of ketones is 2. The maximum atomic E-state index is 11.0. The number of carbonyl (C=O) groups is 4. The summed E-state index contributed by atoms with van der Waals surface area (Å²) in [5.41, 5.74) is 0. The molecule has 0 unspecified atom stereocenters. The van der Waals surface area contributed by atoms with Crippen LogP contribution in [0.3, 0.4) is 0 Å². The average Bonchev–Trinajstić information content (AvgIpc) is 2.60. The minimum Gasteiger partial charge on any atom is -0.460 e. The van der Waals surface area contributed by atoms with Crippen LogP contribution < -0.4 is 0 Å². The van der Waals surface area contributed by atoms with Gasteiger partial charge in [-0.2, -0.15) is 0 Å². The smallest absolute Gasteiger partial charge is 0.374 e. The molecule has 0 bridgehead atoms. The molecule has 0 aliphatic carbocycles. The van der Waals surface area contributed by atoms with Gasteiger partial charge >= 0.3 is 11.9 Å². The molecule has 0 aliphatic rings. The minimum absolute atomic E-state index is 0.140. The van der Waals surface area contributed by atoms with Gasteiger partial charge < -0.3 is 18.9 Å². The van der Waals surface area contributed by atoms with Gasteiger partial charge in [-0.05, 0) is 0 Å². The van der Waals surface area contributed by atoms with Crippen LogP contribution in [0.4, 0.5) is 0 Å². The zero-order valence-electron chi connectivity index (χ0n) is 14.3. The third-order valence-electron chi connectivity index (χ3n) is 2.80. The highest BCUT2D eigenvalue weighted by Crippen LogP contribution is 1.92. The SMILES string of the molecule is CCC(=O)C(=O)OCCCOCCOCCCOC(=O)C(=O)CC. The number of ether oxygens (including phenoxy) is 4. The van der Waals surface area contributed by atoms with Gasteiger partial charge in [0.05, 0.1) is 26.4 Å². The zero-order valence-corrected chi connectivity index (χ0v) is 14.3. The summed E-state index contributed by atoms with van der Waals surface area (Å²) in [6.45, 7) is 5.05. The second-order valence-electron chi connectivity index (χ2n) is 4.76. The first-order valence-electron chi connectivity index (χ1n) is 8.08. The van der Waals surface area contributed by atoms with Crippen molar-refractivity contribution in [3.8, 4) is 0 Å². The lowest BCUT2D eigenvalue weighted by Crippen LogP contribution is -2.18. The van der Waals surface area contributed by atoms with E-state index in [0.717, 1.165) is 0 Å². The first kappa shape index (κ1) is 22.2. The Bertz CT molecular complexity index is 367. The lowest BCUT2D eigenvalue weighted by molar-refractivity contribution is -0.154. The molecular formula is C16H26O8. The molecule has 0 N–H and O–H groups in total. The summed E-state index contributed by atoms with van der Waals surface area (Å²) in [5.74, 6) is -2.67. The van der Waals surface area contributed by atoms with Gasteiger partial charge in [-0.3, -0.25) is 9.59 Å². The number of esters is 2. The fourth-order valence-electron chi connectivity index (χ4n) is 1.42. The second kappa shape index (κ2) is 14.8. The fourth-order valence-corrected chi connectivity index (χ4v) is 1.42. The van der Waals surface area contributed by atoms with E-state index >= 15 is 0 Å². The van der Waals surface area contributed by atoms with Crippen molar-refractivity contribution in [2.75, 3.05) is 39.6 Å². The predicted octanol–water partition coefficient (Wildman–Crippen LogP) is 0.844. The molecule has 0 rings (SSSR count). The van der Waals surface area contributed by atoms with E-state index < -0.39 is 23.5 Å². The number of hydrogen-bond acceptors (Lipinski definition) is 8. The van der Waals surface area contributed by atoms with Gasteiger partial charge in [-0.15, -0.1) is 0 Å². The van der Waals surface area contributed by atoms with Crippen LogP contribution >= 0.6 is 0 Å². The van der Waals surface area contributed by atoms with Crippen LogP contribution in [0, 0.1) is 0 Å². The number of hydrogen-bond donors (Lipinski definition) is 0. The Labute approximate surface area is 141 Å². The molecular weight excluding hydrogens is 320 g/mol. The molecule has 0 aromatic carbocycles. The Balaban J connectivity index is 3.29. The van der Waals surface area contributed by atoms with Crippen molar-refractivity contribution in [1.82, 2.24) is 0 Å². The maximum absolute atomic E-state index is 11.0. The summed E-state index contributed by atoms with van der Waals surface area (Å²) >= 11 is 0. The molecule has 0 fully saturated rings. The van der Waals surface area contributed by atoms with Gasteiger partial charge in [0, 0.05) is 38.9 Å². The molecule has 138 valence electrons. The Hall–Kier alpha value is -1.80. The van der Waals surface area contributed by atoms with Crippen molar-refractivity contribution >= 4 is 23.5 Å². The summed E-state index contributed by atoms with van der Waals surface area (Å²) in [4.78, 5) is 44.0. The van der Waals surface area contributed by atoms with Crippen molar-refractivity contribution in [1.29, 1.82) is 0 Å². The van der Waals surface area contributed by atoms with Crippen LogP contribution in [0.2, 0.25) is 0 Å². The van der Waals surface area contributed by atoms with E-state index in [4.69, 9.17) is 18.9 Å². The third-order valence-corrected chi connectivity index (χ3v) is 2.80. The van der Waals surface area contributed by atoms with Crippen LogP contribution in [-0.4, -0.2) is 63.1 Å². The molecule has 8 heteroatoms. The van der Waals surface area contributed by atoms with Gasteiger partial charge in [-0.1, -0.05) is 13.8 Å². The highest BCUT2D eigenvalue weighted by Gasteiger charge is 2.12. The standard InChI is InChI=1S/C16H26O8/c1-3-13(17)15(19)23-9-5-7-21-11-12-22-8-6-10-24-16(20)14(18)4-2/h3-12H2,1-2H3. The molecule has 0 amide bonds. The Kier molecular flexibility index (Phi) is 13.7. The highest BCUT2D eigenvalue weighted by molar-refractivity contribution is 6.33. The van der Waals surface area contributed by atoms with Crippen molar-refractivity contribution in [3.05, 3.63) is 0 Å². The largest absolute Gasteiger partial charge is 0.460 e. The first-order valence-corrected chi connectivity index (χ1v) is 8.08. The molecule has 0 atom stereocenters. The summed E-state index contributed by atoms with van der Waals surface area (Å²) in [7, 11) is 0. The van der Waals surface area contributed by atoms with Crippen LogP contribution in [0.15, 0.2) is 0 Å². The zero-order chi connectivity index (χ0) is 18.2. The van der Waals surface area contributed by atoms with Crippen molar-refractivity contribution in [2.45, 2.75) is 39.5 Å². The van der Waals surface area contributed by atoms with Crippen LogP contribution in [-0.2, 0) is 38.1 Å². The van der Waals surface area contributed by atoms with Gasteiger partial charge in [0.1, 0.15) is 0 Å². The van der Waals surface area contributed by atoms with E-state index in [2.05, 4.69) is 0 Å². The predicted molar refractivity (Wildman–Crippen MR) is 83.4 cm³/mol. The Morgan fingerprint density at radius 2 is 0.958 bits per heavy atom. The van der Waals surface area contributed by atoms with E-state index in [-0.39, 0.29) is 26.1 Å². The lowest BCUT2D eigenvalue weighted by Gasteiger charge is -2.07. The van der Waals surface area contributed by atoms with Crippen molar-refractivity contribution in [2.24, 2.45) is 0 Å². The molecule has 24 heavy (non-hydrogen) atoms. The van der Waals surface area contributed by atoms with Gasteiger partial charge in [0.2, 0.25) is 11.6 Å². The summed E-state index contributed by atoms with van der Waals surface area (Å²) < 4.78 is 20.0. The molecule has 0 aliphatic heterocycles. The van der Waals surface area contributed by atoms with Crippen LogP contribution in [0.25, 0.3) is 0 Å². The van der Waals surface area contributed by atoms with E-state index in [1.54, 1.807) is 13.8 Å². The fraction of sp³-hybridized carbons (Fsp3) is 0.750. The maximum Gasteiger partial charge on any atom is 0.374 e. The monoisotopic (exact) mass is 346 g/mol. The van der Waals surface area contributed by atoms with Crippen molar-refractivity contribution in [3.63, 3.8) is 0 Å². The Morgan fingerprint density at radius 1 is 0.583 bits per heavy atom. The quantitative estimate of drug-likeness (QED) is 0.244. The first-order chi connectivity index (χ1) is 11.5. The highest BCUT2D eigenvalue weighted by atomic mass is 16.5. The molecule has 0 aromatic rings. The molecule has 0 radical (unpaired) electrons. The van der Waals surface area contributed by atoms with E-state index in [1.807, 2.05) is 0 Å². The molecule has 0 aromatic heterocycles. The minimum atomic E-state index is -0.804. The van der Waals surface area contributed by atoms with Gasteiger partial charge in [0.15, 0.2) is 0 Å². The number of Topliss-reactive ketones (excluding diaryl/α,β-unsaturated/α-hetero) is 2. The third kappa shape index (κ3) is 11.7. The average molecular weight is 346 g/mol. The molecule has 0 spiro atoms. The molecule has 8 nitrogen and oxygen atoms in total. The van der Waals surface area contributed by atoms with E-state index in [9.17, 15) is 19.2 Å². The van der Waals surface area contributed by atoms with Crippen LogP contribution in [0.5, 0.6) is 0 Å². The van der Waals surface area contributed by atoms with Crippen molar-refractivity contribution < 1.29 is 38.1 Å². The topological polar surface area (TPSA) is 105 Å². The normalized spacial score (nSPS) is 10.2.